The number of rotatable bonds is 5. The summed E-state index contributed by atoms with van der Waals surface area (Å²) in [5.74, 6) is 0.0467. The van der Waals surface area contributed by atoms with Gasteiger partial charge >= 0.3 is 11.8 Å². The summed E-state index contributed by atoms with van der Waals surface area (Å²) in [6.45, 7) is 1.63. The Labute approximate surface area is 218 Å². The Bertz CT molecular complexity index is 1240. The number of pyridine rings is 1. The number of hydrogen-bond acceptors (Lipinski definition) is 8. The largest absolute Gasteiger partial charge is 0.359 e. The van der Waals surface area contributed by atoms with Crippen molar-refractivity contribution in [3.63, 3.8) is 0 Å². The number of amides is 4. The molecule has 0 spiro atoms. The van der Waals surface area contributed by atoms with Gasteiger partial charge in [0.1, 0.15) is 5.82 Å². The third-order valence-corrected chi connectivity index (χ3v) is 7.68. The minimum absolute atomic E-state index is 0.129. The lowest BCUT2D eigenvalue weighted by Crippen LogP contribution is -2.57. The second kappa shape index (κ2) is 11.5. The molecule has 0 saturated heterocycles. The second-order valence-electron chi connectivity index (χ2n) is 9.19. The zero-order valence-corrected chi connectivity index (χ0v) is 21.5. The van der Waals surface area contributed by atoms with Crippen LogP contribution in [-0.2, 0) is 27.3 Å². The van der Waals surface area contributed by atoms with E-state index in [-0.39, 0.29) is 23.6 Å². The van der Waals surface area contributed by atoms with Crippen LogP contribution in [-0.4, -0.2) is 71.2 Å². The van der Waals surface area contributed by atoms with E-state index in [1.165, 1.54) is 23.6 Å². The summed E-state index contributed by atoms with van der Waals surface area (Å²) in [6, 6.07) is 2.00. The number of carbonyl (C=O) groups excluding carboxylic acids is 4. The fraction of sp³-hybridized carbons (Fsp3) is 0.440. The Morgan fingerprint density at radius 3 is 2.65 bits per heavy atom. The van der Waals surface area contributed by atoms with Crippen molar-refractivity contribution >= 4 is 40.8 Å². The van der Waals surface area contributed by atoms with E-state index < -0.39 is 23.9 Å². The third kappa shape index (κ3) is 6.31. The maximum absolute atomic E-state index is 13.1. The minimum Gasteiger partial charge on any atom is -0.359 e. The number of carbonyl (C=O) groups is 4. The van der Waals surface area contributed by atoms with Crippen molar-refractivity contribution < 1.29 is 19.2 Å². The summed E-state index contributed by atoms with van der Waals surface area (Å²) < 4.78 is 0. The summed E-state index contributed by atoms with van der Waals surface area (Å²) in [6.07, 6.45) is 8.74. The van der Waals surface area contributed by atoms with Crippen molar-refractivity contribution in [2.24, 2.45) is 5.92 Å². The van der Waals surface area contributed by atoms with Gasteiger partial charge in [-0.2, -0.15) is 0 Å². The standard InChI is InChI=1S/C25H29N7O4S/c1-4-14-5-8-20(27-12-14)31-23(35)22(34)28-16-7-6-15(21(33)26-2)11-18(16)29-24(36)25-30-17-9-10-32(3)13-19(17)37-25/h1,5,8,12,15-16,18H,6-7,9-11,13H2,2-3H3,(H,26,33)(H,28,34)(H,29,36)(H,27,31,35)/t15-,16-,18+/m0/s1. The average molecular weight is 524 g/mol. The van der Waals surface area contributed by atoms with Gasteiger partial charge in [-0.15, -0.1) is 17.8 Å². The molecule has 12 heteroatoms. The van der Waals surface area contributed by atoms with E-state index in [9.17, 15) is 19.2 Å². The molecule has 2 aromatic heterocycles. The van der Waals surface area contributed by atoms with Gasteiger partial charge in [-0.1, -0.05) is 5.92 Å². The number of hydrogen-bond donors (Lipinski definition) is 4. The van der Waals surface area contributed by atoms with Gasteiger partial charge < -0.3 is 26.2 Å². The monoisotopic (exact) mass is 523 g/mol. The molecule has 2 aliphatic rings. The predicted octanol–water partition coefficient (Wildman–Crippen LogP) is 0.275. The van der Waals surface area contributed by atoms with Crippen molar-refractivity contribution in [2.45, 2.75) is 44.3 Å². The number of likely N-dealkylation sites (N-methyl/N-ethyl adjacent to an activating group) is 1. The topological polar surface area (TPSA) is 145 Å². The molecule has 2 aromatic rings. The van der Waals surface area contributed by atoms with E-state index in [0.717, 1.165) is 30.1 Å². The normalized spacial score (nSPS) is 21.2. The lowest BCUT2D eigenvalue weighted by molar-refractivity contribution is -0.137. The zero-order valence-electron chi connectivity index (χ0n) is 20.7. The molecular weight excluding hydrogens is 494 g/mol. The van der Waals surface area contributed by atoms with Gasteiger partial charge in [0.05, 0.1) is 11.7 Å². The molecule has 0 aromatic carbocycles. The third-order valence-electron chi connectivity index (χ3n) is 6.59. The Morgan fingerprint density at radius 1 is 1.14 bits per heavy atom. The van der Waals surface area contributed by atoms with E-state index in [4.69, 9.17) is 6.42 Å². The molecule has 1 saturated carbocycles. The first-order valence-electron chi connectivity index (χ1n) is 12.0. The van der Waals surface area contributed by atoms with E-state index in [1.807, 2.05) is 7.05 Å². The Hall–Kier alpha value is -3.82. The first-order chi connectivity index (χ1) is 17.8. The highest BCUT2D eigenvalue weighted by molar-refractivity contribution is 7.13. The Kier molecular flexibility index (Phi) is 8.15. The van der Waals surface area contributed by atoms with Gasteiger partial charge in [0.25, 0.3) is 5.91 Å². The molecule has 3 heterocycles. The number of terminal acetylenes is 1. The Morgan fingerprint density at radius 2 is 1.95 bits per heavy atom. The van der Waals surface area contributed by atoms with Gasteiger partial charge in [0.15, 0.2) is 5.01 Å². The first kappa shape index (κ1) is 26.2. The lowest BCUT2D eigenvalue weighted by atomic mass is 9.81. The maximum atomic E-state index is 13.1. The number of thiazole rings is 1. The van der Waals surface area contributed by atoms with Gasteiger partial charge in [-0.25, -0.2) is 9.97 Å². The van der Waals surface area contributed by atoms with Crippen molar-refractivity contribution in [2.75, 3.05) is 26.0 Å². The van der Waals surface area contributed by atoms with Crippen molar-refractivity contribution in [3.8, 4) is 12.3 Å². The second-order valence-corrected chi connectivity index (χ2v) is 10.3. The molecule has 1 aliphatic heterocycles. The van der Waals surface area contributed by atoms with Crippen LogP contribution < -0.4 is 21.3 Å². The van der Waals surface area contributed by atoms with Crippen molar-refractivity contribution in [1.29, 1.82) is 0 Å². The highest BCUT2D eigenvalue weighted by atomic mass is 32.1. The molecule has 0 radical (unpaired) electrons. The molecule has 0 unspecified atom stereocenters. The van der Waals surface area contributed by atoms with Crippen LogP contribution in [0.5, 0.6) is 0 Å². The van der Waals surface area contributed by atoms with Crippen LogP contribution in [0.4, 0.5) is 5.82 Å². The van der Waals surface area contributed by atoms with E-state index >= 15 is 0 Å². The summed E-state index contributed by atoms with van der Waals surface area (Å²) in [5.41, 5.74) is 1.48. The fourth-order valence-corrected chi connectivity index (χ4v) is 5.65. The highest BCUT2D eigenvalue weighted by Crippen LogP contribution is 2.27. The molecule has 4 N–H and O–H groups in total. The van der Waals surface area contributed by atoms with E-state index in [1.54, 1.807) is 13.1 Å². The van der Waals surface area contributed by atoms with Crippen LogP contribution in [0.1, 0.15) is 45.2 Å². The van der Waals surface area contributed by atoms with Crippen LogP contribution in [0.15, 0.2) is 18.3 Å². The SMILES string of the molecule is C#Cc1ccc(NC(=O)C(=O)N[C@H]2CC[C@H](C(=O)NC)C[C@H]2NC(=O)c2nc3c(s2)CN(C)CC3)nc1. The zero-order chi connectivity index (χ0) is 26.5. The predicted molar refractivity (Wildman–Crippen MR) is 138 cm³/mol. The van der Waals surface area contributed by atoms with Crippen LogP contribution in [0.2, 0.25) is 0 Å². The molecule has 1 fully saturated rings. The molecule has 194 valence electrons. The molecule has 11 nitrogen and oxygen atoms in total. The van der Waals surface area contributed by atoms with Crippen molar-refractivity contribution in [3.05, 3.63) is 39.5 Å². The molecule has 4 amide bonds. The van der Waals surface area contributed by atoms with Gasteiger partial charge in [-0.3, -0.25) is 19.2 Å². The maximum Gasteiger partial charge on any atom is 0.314 e. The smallest absolute Gasteiger partial charge is 0.314 e. The van der Waals surface area contributed by atoms with Crippen molar-refractivity contribution in [1.82, 2.24) is 30.8 Å². The Balaban J connectivity index is 1.43. The molecule has 1 aliphatic carbocycles. The number of nitrogens with one attached hydrogen (secondary N) is 4. The quantitative estimate of drug-likeness (QED) is 0.325. The number of fused-ring (bicyclic) bond motifs is 1. The van der Waals surface area contributed by atoms with Gasteiger partial charge in [0, 0.05) is 55.2 Å². The molecule has 0 bridgehead atoms. The van der Waals surface area contributed by atoms with Crippen LogP contribution in [0.3, 0.4) is 0 Å². The van der Waals surface area contributed by atoms with Crippen LogP contribution in [0, 0.1) is 18.3 Å². The highest BCUT2D eigenvalue weighted by Gasteiger charge is 2.37. The summed E-state index contributed by atoms with van der Waals surface area (Å²) in [5, 5.41) is 11.1. The minimum atomic E-state index is -0.892. The first-order valence-corrected chi connectivity index (χ1v) is 12.8. The van der Waals surface area contributed by atoms with Crippen LogP contribution >= 0.6 is 11.3 Å². The van der Waals surface area contributed by atoms with Gasteiger partial charge in [-0.05, 0) is 38.4 Å². The number of aromatic nitrogens is 2. The summed E-state index contributed by atoms with van der Waals surface area (Å²) in [4.78, 5) is 62.4. The van der Waals surface area contributed by atoms with E-state index in [0.29, 0.717) is 29.8 Å². The average Bonchev–Trinajstić information content (AvgIpc) is 3.33. The number of nitrogens with zero attached hydrogens (tertiary/aromatic N) is 3. The molecule has 4 rings (SSSR count). The molecule has 37 heavy (non-hydrogen) atoms. The van der Waals surface area contributed by atoms with Crippen LogP contribution in [0.25, 0.3) is 0 Å². The molecular formula is C25H29N7O4S. The van der Waals surface area contributed by atoms with E-state index in [2.05, 4.69) is 42.1 Å². The molecule has 3 atom stereocenters. The lowest BCUT2D eigenvalue weighted by Gasteiger charge is -2.36. The number of anilines is 1. The fourth-order valence-electron chi connectivity index (χ4n) is 4.56. The van der Waals surface area contributed by atoms with Gasteiger partial charge in [0.2, 0.25) is 5.91 Å². The summed E-state index contributed by atoms with van der Waals surface area (Å²) in [7, 11) is 3.59. The summed E-state index contributed by atoms with van der Waals surface area (Å²) >= 11 is 1.36.